The van der Waals surface area contributed by atoms with Crippen LogP contribution in [0.25, 0.3) is 0 Å². The normalized spacial score (nSPS) is 24.2. The number of carbonyl (C=O) groups is 2. The topological polar surface area (TPSA) is 61.9 Å². The van der Waals surface area contributed by atoms with Gasteiger partial charge in [-0.1, -0.05) is 0 Å². The lowest BCUT2D eigenvalue weighted by molar-refractivity contribution is -0.146. The fourth-order valence-corrected chi connectivity index (χ4v) is 2.88. The maximum absolute atomic E-state index is 12.5. The average molecular weight is 320 g/mol. The summed E-state index contributed by atoms with van der Waals surface area (Å²) in [4.78, 5) is 28.3. The molecule has 0 aromatic carbocycles. The molecule has 2 fully saturated rings. The van der Waals surface area contributed by atoms with Crippen molar-refractivity contribution >= 4 is 24.2 Å². The van der Waals surface area contributed by atoms with Gasteiger partial charge in [-0.05, 0) is 19.8 Å². The van der Waals surface area contributed by atoms with E-state index in [0.29, 0.717) is 6.54 Å². The van der Waals surface area contributed by atoms with Gasteiger partial charge in [-0.3, -0.25) is 9.59 Å². The molecule has 2 aliphatic heterocycles. The van der Waals surface area contributed by atoms with Crippen LogP contribution >= 0.6 is 12.4 Å². The lowest BCUT2D eigenvalue weighted by Crippen LogP contribution is -2.52. The van der Waals surface area contributed by atoms with Crippen molar-refractivity contribution in [3.8, 4) is 0 Å². The van der Waals surface area contributed by atoms with Gasteiger partial charge in [0, 0.05) is 46.4 Å². The molecule has 0 bridgehead atoms. The predicted molar refractivity (Wildman–Crippen MR) is 82.5 cm³/mol. The Morgan fingerprint density at radius 1 is 1.19 bits per heavy atom. The van der Waals surface area contributed by atoms with Crippen LogP contribution in [0.5, 0.6) is 0 Å². The Kier molecular flexibility index (Phi) is 7.42. The number of rotatable bonds is 3. The van der Waals surface area contributed by atoms with Crippen molar-refractivity contribution in [1.29, 1.82) is 0 Å². The Labute approximate surface area is 132 Å². The van der Waals surface area contributed by atoms with Crippen LogP contribution < -0.4 is 5.32 Å². The minimum absolute atomic E-state index is 0. The highest BCUT2D eigenvalue weighted by atomic mass is 35.5. The number of ether oxygens (including phenoxy) is 1. The Morgan fingerprint density at radius 3 is 2.48 bits per heavy atom. The van der Waals surface area contributed by atoms with Gasteiger partial charge in [-0.15, -0.1) is 12.4 Å². The number of piperazine rings is 1. The molecule has 0 spiro atoms. The summed E-state index contributed by atoms with van der Waals surface area (Å²) in [5.41, 5.74) is 0. The lowest BCUT2D eigenvalue weighted by atomic mass is 9.96. The van der Waals surface area contributed by atoms with Gasteiger partial charge in [0.25, 0.3) is 5.91 Å². The van der Waals surface area contributed by atoms with Crippen molar-refractivity contribution in [1.82, 2.24) is 15.1 Å². The fraction of sp³-hybridized carbons (Fsp3) is 0.857. The van der Waals surface area contributed by atoms with E-state index in [1.54, 1.807) is 11.8 Å². The van der Waals surface area contributed by atoms with Crippen molar-refractivity contribution in [2.24, 2.45) is 5.92 Å². The number of halogens is 1. The first kappa shape index (κ1) is 18.2. The SMILES string of the molecule is COC(C)C(=O)N1CCCC(C(=O)N2CCNCC2)C1.Cl. The second kappa shape index (κ2) is 8.56. The van der Waals surface area contributed by atoms with Gasteiger partial charge < -0.3 is 19.9 Å². The second-order valence-electron chi connectivity index (χ2n) is 5.58. The first-order valence-corrected chi connectivity index (χ1v) is 7.44. The summed E-state index contributed by atoms with van der Waals surface area (Å²) in [6.07, 6.45) is 1.35. The predicted octanol–water partition coefficient (Wildman–Crippen LogP) is 0.114. The van der Waals surface area contributed by atoms with Crippen molar-refractivity contribution in [2.45, 2.75) is 25.9 Å². The molecule has 0 saturated carbocycles. The molecule has 2 unspecified atom stereocenters. The molecule has 2 atom stereocenters. The van der Waals surface area contributed by atoms with Crippen LogP contribution in [0.2, 0.25) is 0 Å². The smallest absolute Gasteiger partial charge is 0.251 e. The minimum atomic E-state index is -0.428. The summed E-state index contributed by atoms with van der Waals surface area (Å²) in [6, 6.07) is 0. The van der Waals surface area contributed by atoms with E-state index < -0.39 is 6.10 Å². The van der Waals surface area contributed by atoms with E-state index in [1.807, 2.05) is 4.90 Å². The average Bonchev–Trinajstić information content (AvgIpc) is 2.53. The minimum Gasteiger partial charge on any atom is -0.372 e. The van der Waals surface area contributed by atoms with Gasteiger partial charge in [-0.25, -0.2) is 0 Å². The van der Waals surface area contributed by atoms with E-state index >= 15 is 0 Å². The van der Waals surface area contributed by atoms with Gasteiger partial charge in [0.2, 0.25) is 5.91 Å². The van der Waals surface area contributed by atoms with Gasteiger partial charge in [0.05, 0.1) is 5.92 Å². The third-order valence-electron chi connectivity index (χ3n) is 4.21. The number of likely N-dealkylation sites (tertiary alicyclic amines) is 1. The fourth-order valence-electron chi connectivity index (χ4n) is 2.88. The van der Waals surface area contributed by atoms with Crippen LogP contribution in [0.1, 0.15) is 19.8 Å². The first-order chi connectivity index (χ1) is 9.63. The molecule has 2 heterocycles. The molecule has 2 saturated heterocycles. The number of methoxy groups -OCH3 is 1. The van der Waals surface area contributed by atoms with E-state index in [4.69, 9.17) is 4.74 Å². The maximum Gasteiger partial charge on any atom is 0.251 e. The summed E-state index contributed by atoms with van der Waals surface area (Å²) < 4.78 is 5.08. The highest BCUT2D eigenvalue weighted by Crippen LogP contribution is 2.20. The van der Waals surface area contributed by atoms with Gasteiger partial charge in [-0.2, -0.15) is 0 Å². The molecule has 6 nitrogen and oxygen atoms in total. The number of nitrogens with one attached hydrogen (secondary N) is 1. The van der Waals surface area contributed by atoms with E-state index in [-0.39, 0.29) is 30.1 Å². The largest absolute Gasteiger partial charge is 0.372 e. The van der Waals surface area contributed by atoms with E-state index in [0.717, 1.165) is 45.6 Å². The molecule has 0 aliphatic carbocycles. The first-order valence-electron chi connectivity index (χ1n) is 7.44. The zero-order chi connectivity index (χ0) is 14.5. The quantitative estimate of drug-likeness (QED) is 0.802. The van der Waals surface area contributed by atoms with Crippen molar-refractivity contribution in [3.05, 3.63) is 0 Å². The van der Waals surface area contributed by atoms with Gasteiger partial charge >= 0.3 is 0 Å². The summed E-state index contributed by atoms with van der Waals surface area (Å²) in [6.45, 7) is 6.30. The number of nitrogens with zero attached hydrogens (tertiary/aromatic N) is 2. The van der Waals surface area contributed by atoms with Crippen molar-refractivity contribution in [2.75, 3.05) is 46.4 Å². The molecule has 0 radical (unpaired) electrons. The molecule has 2 amide bonds. The molecule has 0 aromatic heterocycles. The summed E-state index contributed by atoms with van der Waals surface area (Å²) in [5, 5.41) is 3.25. The molecule has 2 rings (SSSR count). The number of hydrogen-bond donors (Lipinski definition) is 1. The van der Waals surface area contributed by atoms with Crippen molar-refractivity contribution in [3.63, 3.8) is 0 Å². The Hall–Kier alpha value is -0.850. The maximum atomic E-state index is 12.5. The second-order valence-corrected chi connectivity index (χ2v) is 5.58. The third-order valence-corrected chi connectivity index (χ3v) is 4.21. The third kappa shape index (κ3) is 4.56. The molecule has 7 heteroatoms. The summed E-state index contributed by atoms with van der Waals surface area (Å²) in [7, 11) is 1.54. The number of carbonyl (C=O) groups excluding carboxylic acids is 2. The highest BCUT2D eigenvalue weighted by molar-refractivity contribution is 5.85. The zero-order valence-electron chi connectivity index (χ0n) is 12.8. The molecule has 0 aromatic rings. The van der Waals surface area contributed by atoms with Gasteiger partial charge in [0.1, 0.15) is 6.10 Å². The Morgan fingerprint density at radius 2 is 1.86 bits per heavy atom. The number of piperidine rings is 1. The van der Waals surface area contributed by atoms with Crippen LogP contribution in [0.4, 0.5) is 0 Å². The summed E-state index contributed by atoms with van der Waals surface area (Å²) in [5.74, 6) is 0.147. The van der Waals surface area contributed by atoms with E-state index in [2.05, 4.69) is 5.32 Å². The number of hydrogen-bond acceptors (Lipinski definition) is 4. The molecule has 2 aliphatic rings. The van der Waals surface area contributed by atoms with Crippen LogP contribution in [0.3, 0.4) is 0 Å². The van der Waals surface area contributed by atoms with E-state index in [9.17, 15) is 9.59 Å². The zero-order valence-corrected chi connectivity index (χ0v) is 13.7. The lowest BCUT2D eigenvalue weighted by Gasteiger charge is -2.37. The summed E-state index contributed by atoms with van der Waals surface area (Å²) >= 11 is 0. The standard InChI is InChI=1S/C14H25N3O3.ClH/c1-11(20-2)13(18)17-7-3-4-12(10-17)14(19)16-8-5-15-6-9-16;/h11-12,15H,3-10H2,1-2H3;1H. The Balaban J connectivity index is 0.00000220. The molecule has 21 heavy (non-hydrogen) atoms. The molecule has 1 N–H and O–H groups in total. The van der Waals surface area contributed by atoms with Crippen molar-refractivity contribution < 1.29 is 14.3 Å². The van der Waals surface area contributed by atoms with Crippen LogP contribution in [-0.4, -0.2) is 74.1 Å². The molecular weight excluding hydrogens is 294 g/mol. The highest BCUT2D eigenvalue weighted by Gasteiger charge is 2.32. The van der Waals surface area contributed by atoms with Crippen LogP contribution in [0, 0.1) is 5.92 Å². The van der Waals surface area contributed by atoms with E-state index in [1.165, 1.54) is 7.11 Å². The molecule has 122 valence electrons. The Bertz CT molecular complexity index is 361. The monoisotopic (exact) mass is 319 g/mol. The van der Waals surface area contributed by atoms with Crippen LogP contribution in [0.15, 0.2) is 0 Å². The molecular formula is C14H26ClN3O3. The number of amides is 2. The van der Waals surface area contributed by atoms with Crippen LogP contribution in [-0.2, 0) is 14.3 Å². The van der Waals surface area contributed by atoms with Gasteiger partial charge in [0.15, 0.2) is 0 Å².